The van der Waals surface area contributed by atoms with Crippen LogP contribution in [0.2, 0.25) is 0 Å². The molecule has 0 spiro atoms. The van der Waals surface area contributed by atoms with Crippen LogP contribution in [-0.4, -0.2) is 38.5 Å². The van der Waals surface area contributed by atoms with Crippen molar-refractivity contribution in [3.8, 4) is 0 Å². The van der Waals surface area contributed by atoms with Crippen LogP contribution in [0.1, 0.15) is 52.4 Å². The molecule has 1 saturated carbocycles. The Labute approximate surface area is 124 Å². The number of nitrogens with two attached hydrogens (primary N) is 2. The van der Waals surface area contributed by atoms with Crippen molar-refractivity contribution in [2.45, 2.75) is 64.5 Å². The topological polar surface area (TPSA) is 70.5 Å². The van der Waals surface area contributed by atoms with E-state index in [1.807, 2.05) is 13.8 Å². The maximum Gasteiger partial charge on any atom is 0.0494 e. The van der Waals surface area contributed by atoms with Crippen LogP contribution in [0.25, 0.3) is 0 Å². The summed E-state index contributed by atoms with van der Waals surface area (Å²) in [7, 11) is 0. The zero-order chi connectivity index (χ0) is 14.8. The molecular formula is C16H34N2O2. The van der Waals surface area contributed by atoms with Gasteiger partial charge < -0.3 is 20.9 Å². The van der Waals surface area contributed by atoms with Crippen molar-refractivity contribution in [1.29, 1.82) is 0 Å². The fraction of sp³-hybridized carbons (Fsp3) is 1.00. The number of ether oxygens (including phenoxy) is 2. The maximum atomic E-state index is 5.72. The molecule has 1 rings (SSSR count). The third-order valence-corrected chi connectivity index (χ3v) is 4.11. The molecule has 120 valence electrons. The van der Waals surface area contributed by atoms with Gasteiger partial charge in [0, 0.05) is 38.5 Å². The Bertz CT molecular complexity index is 203. The van der Waals surface area contributed by atoms with Crippen LogP contribution in [0.5, 0.6) is 0 Å². The molecule has 0 radical (unpaired) electrons. The summed E-state index contributed by atoms with van der Waals surface area (Å²) in [4.78, 5) is 0. The molecule has 2 unspecified atom stereocenters. The number of rotatable bonds is 10. The van der Waals surface area contributed by atoms with Crippen LogP contribution < -0.4 is 11.5 Å². The Kier molecular flexibility index (Phi) is 9.44. The van der Waals surface area contributed by atoms with Gasteiger partial charge in [-0.1, -0.05) is 0 Å². The third kappa shape index (κ3) is 8.90. The number of hydrogen-bond acceptors (Lipinski definition) is 4. The summed E-state index contributed by atoms with van der Waals surface area (Å²) in [5, 5.41) is 0. The van der Waals surface area contributed by atoms with E-state index in [0.717, 1.165) is 51.1 Å². The predicted molar refractivity (Wildman–Crippen MR) is 83.6 cm³/mol. The zero-order valence-electron chi connectivity index (χ0n) is 13.4. The second kappa shape index (κ2) is 10.6. The van der Waals surface area contributed by atoms with Gasteiger partial charge in [-0.25, -0.2) is 0 Å². The minimum Gasteiger partial charge on any atom is -0.381 e. The Morgan fingerprint density at radius 3 is 1.45 bits per heavy atom. The Balaban J connectivity index is 1.97. The van der Waals surface area contributed by atoms with Crippen molar-refractivity contribution >= 4 is 0 Å². The van der Waals surface area contributed by atoms with Crippen LogP contribution in [0.3, 0.4) is 0 Å². The summed E-state index contributed by atoms with van der Waals surface area (Å²) in [6, 6.07) is 0.498. The van der Waals surface area contributed by atoms with Crippen LogP contribution in [-0.2, 0) is 9.47 Å². The molecule has 0 aromatic rings. The van der Waals surface area contributed by atoms with Gasteiger partial charge in [0.1, 0.15) is 0 Å². The lowest BCUT2D eigenvalue weighted by atomic mass is 9.83. The van der Waals surface area contributed by atoms with Gasteiger partial charge in [-0.15, -0.1) is 0 Å². The monoisotopic (exact) mass is 286 g/mol. The second-order valence-electron chi connectivity index (χ2n) is 6.57. The lowest BCUT2D eigenvalue weighted by Crippen LogP contribution is -2.24. The van der Waals surface area contributed by atoms with E-state index < -0.39 is 0 Å². The summed E-state index contributed by atoms with van der Waals surface area (Å²) < 4.78 is 11.4. The van der Waals surface area contributed by atoms with E-state index in [0.29, 0.717) is 0 Å². The molecule has 0 saturated heterocycles. The molecule has 4 N–H and O–H groups in total. The normalized spacial score (nSPS) is 26.4. The molecule has 0 aromatic carbocycles. The summed E-state index contributed by atoms with van der Waals surface area (Å²) in [6.45, 7) is 7.48. The molecule has 20 heavy (non-hydrogen) atoms. The van der Waals surface area contributed by atoms with Crippen LogP contribution in [0.4, 0.5) is 0 Å². The molecule has 0 amide bonds. The van der Waals surface area contributed by atoms with Gasteiger partial charge >= 0.3 is 0 Å². The summed E-state index contributed by atoms with van der Waals surface area (Å²) in [5.41, 5.74) is 11.4. The van der Waals surface area contributed by atoms with E-state index in [2.05, 4.69) is 0 Å². The average Bonchev–Trinajstić information content (AvgIpc) is 2.41. The smallest absolute Gasteiger partial charge is 0.0494 e. The van der Waals surface area contributed by atoms with Gasteiger partial charge in [-0.3, -0.25) is 0 Å². The second-order valence-corrected chi connectivity index (χ2v) is 6.57. The fourth-order valence-corrected chi connectivity index (χ4v) is 2.60. The highest BCUT2D eigenvalue weighted by Crippen LogP contribution is 2.29. The fourth-order valence-electron chi connectivity index (χ4n) is 2.60. The first-order valence-corrected chi connectivity index (χ1v) is 8.24. The molecular weight excluding hydrogens is 252 g/mol. The van der Waals surface area contributed by atoms with Crippen molar-refractivity contribution < 1.29 is 9.47 Å². The molecule has 1 aliphatic carbocycles. The Morgan fingerprint density at radius 1 is 0.800 bits per heavy atom. The highest BCUT2D eigenvalue weighted by Gasteiger charge is 2.21. The standard InChI is InChI=1S/C16H34N2O2/c1-13(17)7-9-19-11-15-3-5-16(6-4-15)12-20-10-8-14(2)18/h13-16H,3-12,17-18H2,1-2H3. The summed E-state index contributed by atoms with van der Waals surface area (Å²) in [6.07, 6.45) is 7.03. The molecule has 0 aliphatic heterocycles. The van der Waals surface area contributed by atoms with Crippen molar-refractivity contribution in [3.63, 3.8) is 0 Å². The highest BCUT2D eigenvalue weighted by atomic mass is 16.5. The van der Waals surface area contributed by atoms with Gasteiger partial charge in [0.25, 0.3) is 0 Å². The quantitative estimate of drug-likeness (QED) is 0.605. The van der Waals surface area contributed by atoms with E-state index >= 15 is 0 Å². The molecule has 2 atom stereocenters. The van der Waals surface area contributed by atoms with Crippen LogP contribution in [0, 0.1) is 11.8 Å². The minimum absolute atomic E-state index is 0.249. The molecule has 0 heterocycles. The van der Waals surface area contributed by atoms with Crippen LogP contribution in [0.15, 0.2) is 0 Å². The molecule has 1 fully saturated rings. The molecule has 1 aliphatic rings. The SMILES string of the molecule is CC(N)CCOCC1CCC(COCCC(C)N)CC1. The van der Waals surface area contributed by atoms with Crippen LogP contribution >= 0.6 is 0 Å². The van der Waals surface area contributed by atoms with Gasteiger partial charge in [0.2, 0.25) is 0 Å². The first-order valence-electron chi connectivity index (χ1n) is 8.24. The van der Waals surface area contributed by atoms with Gasteiger partial charge in [0.05, 0.1) is 0 Å². The lowest BCUT2D eigenvalue weighted by molar-refractivity contribution is 0.0469. The van der Waals surface area contributed by atoms with Gasteiger partial charge in [-0.05, 0) is 64.2 Å². The maximum absolute atomic E-state index is 5.72. The summed E-state index contributed by atoms with van der Waals surface area (Å²) >= 11 is 0. The van der Waals surface area contributed by atoms with E-state index in [1.54, 1.807) is 0 Å². The molecule has 0 bridgehead atoms. The number of hydrogen-bond donors (Lipinski definition) is 2. The summed E-state index contributed by atoms with van der Waals surface area (Å²) in [5.74, 6) is 1.48. The van der Waals surface area contributed by atoms with E-state index in [-0.39, 0.29) is 12.1 Å². The highest BCUT2D eigenvalue weighted by molar-refractivity contribution is 4.72. The first kappa shape index (κ1) is 17.9. The van der Waals surface area contributed by atoms with Crippen molar-refractivity contribution in [2.24, 2.45) is 23.3 Å². The minimum atomic E-state index is 0.249. The lowest BCUT2D eigenvalue weighted by Gasteiger charge is -2.28. The predicted octanol–water partition coefficient (Wildman–Crippen LogP) is 2.30. The molecule has 4 heteroatoms. The molecule has 0 aromatic heterocycles. The van der Waals surface area contributed by atoms with E-state index in [4.69, 9.17) is 20.9 Å². The van der Waals surface area contributed by atoms with E-state index in [9.17, 15) is 0 Å². The first-order chi connectivity index (χ1) is 9.58. The van der Waals surface area contributed by atoms with Crippen molar-refractivity contribution in [2.75, 3.05) is 26.4 Å². The third-order valence-electron chi connectivity index (χ3n) is 4.11. The van der Waals surface area contributed by atoms with Crippen molar-refractivity contribution in [1.82, 2.24) is 0 Å². The average molecular weight is 286 g/mol. The van der Waals surface area contributed by atoms with Crippen molar-refractivity contribution in [3.05, 3.63) is 0 Å². The molecule has 4 nitrogen and oxygen atoms in total. The Morgan fingerprint density at radius 2 is 1.15 bits per heavy atom. The van der Waals surface area contributed by atoms with E-state index in [1.165, 1.54) is 25.7 Å². The van der Waals surface area contributed by atoms with Gasteiger partial charge in [0.15, 0.2) is 0 Å². The van der Waals surface area contributed by atoms with Gasteiger partial charge in [-0.2, -0.15) is 0 Å². The largest absolute Gasteiger partial charge is 0.381 e. The Hall–Kier alpha value is -0.160. The zero-order valence-corrected chi connectivity index (χ0v) is 13.4.